The molecule has 2 aromatic rings. The van der Waals surface area contributed by atoms with Crippen molar-refractivity contribution in [2.24, 2.45) is 0 Å². The van der Waals surface area contributed by atoms with Gasteiger partial charge in [-0.05, 0) is 87.8 Å². The number of hydrogen-bond acceptors (Lipinski definition) is 4. The van der Waals surface area contributed by atoms with Gasteiger partial charge in [0.2, 0.25) is 0 Å². The number of phenolic OH excluding ortho intramolecular Hbond substituents is 1. The number of carbonyl (C=O) groups is 1. The Morgan fingerprint density at radius 1 is 1.28 bits per heavy atom. The molecular formula is C26H34N4O2. The smallest absolute Gasteiger partial charge is 0.322 e. The molecule has 0 saturated carbocycles. The van der Waals surface area contributed by atoms with E-state index in [0.29, 0.717) is 17.8 Å². The fraction of sp³-hybridized carbons (Fsp3) is 0.462. The number of phenols is 1. The van der Waals surface area contributed by atoms with Gasteiger partial charge in [-0.25, -0.2) is 4.79 Å². The van der Waals surface area contributed by atoms with Gasteiger partial charge in [-0.3, -0.25) is 0 Å². The predicted molar refractivity (Wildman–Crippen MR) is 128 cm³/mol. The highest BCUT2D eigenvalue weighted by Gasteiger charge is 2.48. The van der Waals surface area contributed by atoms with Crippen molar-refractivity contribution in [3.8, 4) is 11.8 Å². The zero-order chi connectivity index (χ0) is 23.5. The summed E-state index contributed by atoms with van der Waals surface area (Å²) in [5.74, 6) is 0.258. The maximum absolute atomic E-state index is 13.5. The van der Waals surface area contributed by atoms with Crippen LogP contribution in [0.15, 0.2) is 42.5 Å². The number of rotatable bonds is 5. The predicted octanol–water partition coefficient (Wildman–Crippen LogP) is 4.73. The van der Waals surface area contributed by atoms with Crippen molar-refractivity contribution in [3.63, 3.8) is 0 Å². The lowest BCUT2D eigenvalue weighted by Crippen LogP contribution is -2.65. The van der Waals surface area contributed by atoms with Gasteiger partial charge in [0.05, 0.1) is 17.7 Å². The lowest BCUT2D eigenvalue weighted by Gasteiger charge is -2.54. The molecule has 6 heteroatoms. The minimum absolute atomic E-state index is 0.0864. The number of aryl methyl sites for hydroxylation is 1. The molecule has 0 aliphatic carbocycles. The number of aromatic hydroxyl groups is 1. The van der Waals surface area contributed by atoms with Gasteiger partial charge in [-0.15, -0.1) is 0 Å². The molecule has 170 valence electrons. The molecule has 0 radical (unpaired) electrons. The van der Waals surface area contributed by atoms with Gasteiger partial charge < -0.3 is 20.2 Å². The largest absolute Gasteiger partial charge is 0.508 e. The molecule has 2 aromatic carbocycles. The number of anilines is 1. The van der Waals surface area contributed by atoms with E-state index in [2.05, 4.69) is 44.1 Å². The van der Waals surface area contributed by atoms with Crippen LogP contribution >= 0.6 is 0 Å². The van der Waals surface area contributed by atoms with E-state index in [1.807, 2.05) is 24.0 Å². The van der Waals surface area contributed by atoms with Crippen LogP contribution in [0, 0.1) is 11.3 Å². The van der Waals surface area contributed by atoms with Gasteiger partial charge in [0.1, 0.15) is 5.75 Å². The Bertz CT molecular complexity index is 998. The first kappa shape index (κ1) is 23.6. The third-order valence-corrected chi connectivity index (χ3v) is 7.08. The van der Waals surface area contributed by atoms with Crippen molar-refractivity contribution in [1.29, 1.82) is 5.26 Å². The van der Waals surface area contributed by atoms with Crippen molar-refractivity contribution >= 4 is 11.7 Å². The average Bonchev–Trinajstić information content (AvgIpc) is 2.79. The van der Waals surface area contributed by atoms with E-state index in [9.17, 15) is 9.90 Å². The minimum atomic E-state index is -0.311. The number of piperidine rings is 1. The monoisotopic (exact) mass is 434 g/mol. The average molecular weight is 435 g/mol. The summed E-state index contributed by atoms with van der Waals surface area (Å²) < 4.78 is 0. The van der Waals surface area contributed by atoms with Gasteiger partial charge in [0.25, 0.3) is 0 Å². The third kappa shape index (κ3) is 4.44. The molecule has 32 heavy (non-hydrogen) atoms. The molecule has 0 aromatic heterocycles. The van der Waals surface area contributed by atoms with Gasteiger partial charge in [-0.2, -0.15) is 5.26 Å². The summed E-state index contributed by atoms with van der Waals surface area (Å²) in [4.78, 5) is 17.7. The molecule has 1 fully saturated rings. The summed E-state index contributed by atoms with van der Waals surface area (Å²) in [7, 11) is 2.10. The minimum Gasteiger partial charge on any atom is -0.508 e. The van der Waals surface area contributed by atoms with Crippen molar-refractivity contribution in [2.45, 2.75) is 58.0 Å². The van der Waals surface area contributed by atoms with Crippen LogP contribution in [0.2, 0.25) is 0 Å². The van der Waals surface area contributed by atoms with E-state index in [1.165, 1.54) is 5.56 Å². The highest BCUT2D eigenvalue weighted by molar-refractivity contribution is 5.89. The van der Waals surface area contributed by atoms with Gasteiger partial charge in [0.15, 0.2) is 0 Å². The quantitative estimate of drug-likeness (QED) is 0.713. The molecule has 0 bridgehead atoms. The summed E-state index contributed by atoms with van der Waals surface area (Å²) >= 11 is 0. The number of nitriles is 1. The molecule has 3 atom stereocenters. The van der Waals surface area contributed by atoms with E-state index < -0.39 is 0 Å². The number of carbonyl (C=O) groups excluding carboxylic acids is 1. The van der Waals surface area contributed by atoms with Crippen LogP contribution in [0.4, 0.5) is 10.5 Å². The highest BCUT2D eigenvalue weighted by atomic mass is 16.3. The lowest BCUT2D eigenvalue weighted by molar-refractivity contribution is 0.0312. The third-order valence-electron chi connectivity index (χ3n) is 7.08. The van der Waals surface area contributed by atoms with Crippen LogP contribution in [0.3, 0.4) is 0 Å². The standard InChI is InChI=1S/C26H34N4O2/c1-6-20-10-13-22(31)16-23(20)26(4)14-15-29(5)18(3)24(26)30(7-2)25(32)28-21-11-8-19(17-27)9-12-21/h8-13,16,18,24,31H,6-7,14-15H2,1-5H3,(H,28,32)/t18?,24?,26-/m1/s1. The van der Waals surface area contributed by atoms with Crippen molar-refractivity contribution in [3.05, 3.63) is 59.2 Å². The van der Waals surface area contributed by atoms with E-state index in [1.54, 1.807) is 30.3 Å². The second-order valence-corrected chi connectivity index (χ2v) is 8.93. The van der Waals surface area contributed by atoms with Crippen LogP contribution < -0.4 is 5.32 Å². The maximum atomic E-state index is 13.5. The van der Waals surface area contributed by atoms with Crippen LogP contribution in [0.25, 0.3) is 0 Å². The number of amides is 2. The summed E-state index contributed by atoms with van der Waals surface area (Å²) in [6, 6.07) is 14.5. The van der Waals surface area contributed by atoms with E-state index in [4.69, 9.17) is 5.26 Å². The second kappa shape index (κ2) is 9.62. The number of urea groups is 1. The molecular weight excluding hydrogens is 400 g/mol. The van der Waals surface area contributed by atoms with Gasteiger partial charge >= 0.3 is 6.03 Å². The van der Waals surface area contributed by atoms with E-state index in [-0.39, 0.29) is 29.3 Å². The van der Waals surface area contributed by atoms with Crippen molar-refractivity contribution < 1.29 is 9.90 Å². The number of hydrogen-bond donors (Lipinski definition) is 2. The number of likely N-dealkylation sites (N-methyl/N-ethyl adjacent to an activating group) is 2. The molecule has 2 N–H and O–H groups in total. The number of nitrogens with zero attached hydrogens (tertiary/aromatic N) is 3. The zero-order valence-corrected chi connectivity index (χ0v) is 19.7. The molecule has 6 nitrogen and oxygen atoms in total. The molecule has 3 rings (SSSR count). The fourth-order valence-electron chi connectivity index (χ4n) is 5.13. The van der Waals surface area contributed by atoms with Gasteiger partial charge in [-0.1, -0.05) is 19.9 Å². The summed E-state index contributed by atoms with van der Waals surface area (Å²) in [5.41, 5.74) is 3.23. The summed E-state index contributed by atoms with van der Waals surface area (Å²) in [6.07, 6.45) is 1.75. The van der Waals surface area contributed by atoms with Crippen LogP contribution in [0.5, 0.6) is 5.75 Å². The van der Waals surface area contributed by atoms with E-state index in [0.717, 1.165) is 24.9 Å². The SMILES string of the molecule is CCc1ccc(O)cc1[C@@]1(C)CCN(C)C(C)C1N(CC)C(=O)Nc1ccc(C#N)cc1. The molecule has 1 aliphatic rings. The Morgan fingerprint density at radius 2 is 1.97 bits per heavy atom. The Kier molecular flexibility index (Phi) is 7.10. The fourth-order valence-corrected chi connectivity index (χ4v) is 5.13. The zero-order valence-electron chi connectivity index (χ0n) is 19.7. The summed E-state index contributed by atoms with van der Waals surface area (Å²) in [5, 5.41) is 22.3. The Hall–Kier alpha value is -3.04. The first-order chi connectivity index (χ1) is 15.2. The molecule has 1 aliphatic heterocycles. The first-order valence-corrected chi connectivity index (χ1v) is 11.4. The van der Waals surface area contributed by atoms with Crippen molar-refractivity contribution in [1.82, 2.24) is 9.80 Å². The molecule has 0 spiro atoms. The highest BCUT2D eigenvalue weighted by Crippen LogP contribution is 2.43. The van der Waals surface area contributed by atoms with Gasteiger partial charge in [0, 0.05) is 23.7 Å². The van der Waals surface area contributed by atoms with E-state index >= 15 is 0 Å². The van der Waals surface area contributed by atoms with Crippen LogP contribution in [-0.2, 0) is 11.8 Å². The molecule has 2 amide bonds. The van der Waals surface area contributed by atoms with Crippen LogP contribution in [-0.4, -0.2) is 53.2 Å². The lowest BCUT2D eigenvalue weighted by atomic mass is 9.66. The Labute approximate surface area is 191 Å². The number of nitrogens with one attached hydrogen (secondary N) is 1. The normalized spacial score (nSPS) is 23.4. The summed E-state index contributed by atoms with van der Waals surface area (Å²) in [6.45, 7) is 10.0. The topological polar surface area (TPSA) is 79.6 Å². The number of likely N-dealkylation sites (tertiary alicyclic amines) is 1. The maximum Gasteiger partial charge on any atom is 0.322 e. The molecule has 1 heterocycles. The molecule has 1 saturated heterocycles. The van der Waals surface area contributed by atoms with Crippen molar-refractivity contribution in [2.75, 3.05) is 25.5 Å². The molecule has 2 unspecified atom stereocenters. The second-order valence-electron chi connectivity index (χ2n) is 8.93. The number of benzene rings is 2. The Morgan fingerprint density at radius 3 is 2.56 bits per heavy atom. The Balaban J connectivity index is 2.01. The van der Waals surface area contributed by atoms with Crippen LogP contribution in [0.1, 0.15) is 50.8 Å². The first-order valence-electron chi connectivity index (χ1n) is 11.4.